The number of amides is 1. The lowest BCUT2D eigenvalue weighted by atomic mass is 10.1. The standard InChI is InChI=1S/C16H17BrN2O2/c1-11(12-4-2-5-13(17)8-12)19-16(20)10-21-15-7-3-6-14(18)9-15/h2-9,11H,10,18H2,1H3,(H,19,20). The molecule has 3 N–H and O–H groups in total. The van der Waals surface area contributed by atoms with E-state index < -0.39 is 0 Å². The summed E-state index contributed by atoms with van der Waals surface area (Å²) in [5.41, 5.74) is 7.29. The Kier molecular flexibility index (Phi) is 5.22. The van der Waals surface area contributed by atoms with Crippen molar-refractivity contribution in [2.75, 3.05) is 12.3 Å². The van der Waals surface area contributed by atoms with Gasteiger partial charge in [-0.1, -0.05) is 34.1 Å². The first-order chi connectivity index (χ1) is 10.0. The van der Waals surface area contributed by atoms with Gasteiger partial charge in [0.25, 0.3) is 5.91 Å². The van der Waals surface area contributed by atoms with Gasteiger partial charge in [0.05, 0.1) is 6.04 Å². The lowest BCUT2D eigenvalue weighted by Crippen LogP contribution is -2.31. The van der Waals surface area contributed by atoms with Crippen molar-refractivity contribution in [3.63, 3.8) is 0 Å². The molecule has 1 atom stereocenters. The maximum absolute atomic E-state index is 11.9. The van der Waals surface area contributed by atoms with Crippen LogP contribution in [0.1, 0.15) is 18.5 Å². The molecule has 0 aliphatic heterocycles. The monoisotopic (exact) mass is 348 g/mol. The van der Waals surface area contributed by atoms with E-state index in [9.17, 15) is 4.79 Å². The van der Waals surface area contributed by atoms with Gasteiger partial charge in [0.2, 0.25) is 0 Å². The average Bonchev–Trinajstić information content (AvgIpc) is 2.45. The topological polar surface area (TPSA) is 64.3 Å². The number of carbonyl (C=O) groups is 1. The number of anilines is 1. The molecule has 0 spiro atoms. The van der Waals surface area contributed by atoms with E-state index in [1.54, 1.807) is 24.3 Å². The Bertz CT molecular complexity index is 631. The Hall–Kier alpha value is -2.01. The van der Waals surface area contributed by atoms with E-state index >= 15 is 0 Å². The van der Waals surface area contributed by atoms with Crippen LogP contribution in [0.15, 0.2) is 53.0 Å². The predicted octanol–water partition coefficient (Wildman–Crippen LogP) is 3.29. The highest BCUT2D eigenvalue weighted by Crippen LogP contribution is 2.18. The van der Waals surface area contributed by atoms with Gasteiger partial charge in [-0.25, -0.2) is 0 Å². The van der Waals surface area contributed by atoms with Gasteiger partial charge < -0.3 is 15.8 Å². The molecule has 0 aliphatic carbocycles. The lowest BCUT2D eigenvalue weighted by Gasteiger charge is -2.15. The molecule has 0 radical (unpaired) electrons. The molecule has 2 aromatic carbocycles. The number of ether oxygens (including phenoxy) is 1. The molecule has 4 nitrogen and oxygen atoms in total. The fraction of sp³-hybridized carbons (Fsp3) is 0.188. The van der Waals surface area contributed by atoms with E-state index in [0.717, 1.165) is 10.0 Å². The zero-order valence-electron chi connectivity index (χ0n) is 11.7. The molecule has 110 valence electrons. The van der Waals surface area contributed by atoms with Crippen LogP contribution < -0.4 is 15.8 Å². The third-order valence-corrected chi connectivity index (χ3v) is 3.45. The summed E-state index contributed by atoms with van der Waals surface area (Å²) >= 11 is 3.42. The normalized spacial score (nSPS) is 11.7. The summed E-state index contributed by atoms with van der Waals surface area (Å²) < 4.78 is 6.39. The molecule has 2 rings (SSSR count). The zero-order chi connectivity index (χ0) is 15.2. The first kappa shape index (κ1) is 15.4. The van der Waals surface area contributed by atoms with Crippen molar-refractivity contribution in [1.29, 1.82) is 0 Å². The van der Waals surface area contributed by atoms with Crippen molar-refractivity contribution in [1.82, 2.24) is 5.32 Å². The number of carbonyl (C=O) groups excluding carboxylic acids is 1. The molecule has 0 saturated carbocycles. The highest BCUT2D eigenvalue weighted by Gasteiger charge is 2.10. The van der Waals surface area contributed by atoms with Crippen LogP contribution in [0, 0.1) is 0 Å². The van der Waals surface area contributed by atoms with Crippen LogP contribution in [0.3, 0.4) is 0 Å². The molecule has 0 fully saturated rings. The highest BCUT2D eigenvalue weighted by atomic mass is 79.9. The molecule has 0 heterocycles. The van der Waals surface area contributed by atoms with Crippen molar-refractivity contribution in [3.05, 3.63) is 58.6 Å². The van der Waals surface area contributed by atoms with Gasteiger partial charge in [0.1, 0.15) is 5.75 Å². The summed E-state index contributed by atoms with van der Waals surface area (Å²) in [6.45, 7) is 1.89. The maximum atomic E-state index is 11.9. The third-order valence-electron chi connectivity index (χ3n) is 2.95. The minimum atomic E-state index is -0.176. The van der Waals surface area contributed by atoms with Crippen LogP contribution in [0.5, 0.6) is 5.75 Å². The predicted molar refractivity (Wildman–Crippen MR) is 87.0 cm³/mol. The fourth-order valence-electron chi connectivity index (χ4n) is 1.90. The van der Waals surface area contributed by atoms with Crippen LogP contribution in [0.25, 0.3) is 0 Å². The Morgan fingerprint density at radius 1 is 1.29 bits per heavy atom. The first-order valence-corrected chi connectivity index (χ1v) is 7.37. The Balaban J connectivity index is 1.87. The van der Waals surface area contributed by atoms with Gasteiger partial charge >= 0.3 is 0 Å². The fourth-order valence-corrected chi connectivity index (χ4v) is 2.31. The molecule has 0 aromatic heterocycles. The summed E-state index contributed by atoms with van der Waals surface area (Å²) in [6, 6.07) is 14.7. The Morgan fingerprint density at radius 2 is 2.05 bits per heavy atom. The second-order valence-electron chi connectivity index (χ2n) is 4.71. The van der Waals surface area contributed by atoms with Crippen LogP contribution in [0.4, 0.5) is 5.69 Å². The summed E-state index contributed by atoms with van der Waals surface area (Å²) in [4.78, 5) is 11.9. The quantitative estimate of drug-likeness (QED) is 0.815. The number of halogens is 1. The summed E-state index contributed by atoms with van der Waals surface area (Å²) in [5, 5.41) is 2.89. The molecule has 0 bridgehead atoms. The molecule has 1 amide bonds. The van der Waals surface area contributed by atoms with E-state index in [1.807, 2.05) is 31.2 Å². The van der Waals surface area contributed by atoms with E-state index in [1.165, 1.54) is 0 Å². The van der Waals surface area contributed by atoms with Crippen LogP contribution in [0.2, 0.25) is 0 Å². The Labute approximate surface area is 132 Å². The number of benzene rings is 2. The molecule has 5 heteroatoms. The van der Waals surface area contributed by atoms with E-state index in [2.05, 4.69) is 21.2 Å². The largest absolute Gasteiger partial charge is 0.484 e. The zero-order valence-corrected chi connectivity index (χ0v) is 13.3. The number of hydrogen-bond donors (Lipinski definition) is 2. The minimum absolute atomic E-state index is 0.0399. The van der Waals surface area contributed by atoms with Crippen molar-refractivity contribution in [3.8, 4) is 5.75 Å². The van der Waals surface area contributed by atoms with Gasteiger partial charge in [-0.3, -0.25) is 4.79 Å². The summed E-state index contributed by atoms with van der Waals surface area (Å²) in [6.07, 6.45) is 0. The lowest BCUT2D eigenvalue weighted by molar-refractivity contribution is -0.123. The first-order valence-electron chi connectivity index (χ1n) is 6.58. The van der Waals surface area contributed by atoms with Crippen molar-refractivity contribution in [2.24, 2.45) is 0 Å². The summed E-state index contributed by atoms with van der Waals surface area (Å²) in [7, 11) is 0. The van der Waals surface area contributed by atoms with Gasteiger partial charge in [0.15, 0.2) is 6.61 Å². The molecule has 0 saturated heterocycles. The van der Waals surface area contributed by atoms with Gasteiger partial charge in [-0.15, -0.1) is 0 Å². The number of nitrogens with two attached hydrogens (primary N) is 1. The number of rotatable bonds is 5. The van der Waals surface area contributed by atoms with Crippen LogP contribution in [-0.4, -0.2) is 12.5 Å². The van der Waals surface area contributed by atoms with Crippen molar-refractivity contribution < 1.29 is 9.53 Å². The molecular weight excluding hydrogens is 332 g/mol. The summed E-state index contributed by atoms with van der Waals surface area (Å²) in [5.74, 6) is 0.408. The average molecular weight is 349 g/mol. The minimum Gasteiger partial charge on any atom is -0.484 e. The van der Waals surface area contributed by atoms with Gasteiger partial charge in [-0.05, 0) is 36.8 Å². The van der Waals surface area contributed by atoms with Crippen LogP contribution in [-0.2, 0) is 4.79 Å². The van der Waals surface area contributed by atoms with E-state index in [0.29, 0.717) is 11.4 Å². The van der Waals surface area contributed by atoms with Gasteiger partial charge in [0, 0.05) is 16.2 Å². The second-order valence-corrected chi connectivity index (χ2v) is 5.62. The van der Waals surface area contributed by atoms with E-state index in [4.69, 9.17) is 10.5 Å². The Morgan fingerprint density at radius 3 is 2.76 bits per heavy atom. The van der Waals surface area contributed by atoms with Crippen molar-refractivity contribution >= 4 is 27.5 Å². The van der Waals surface area contributed by atoms with Gasteiger partial charge in [-0.2, -0.15) is 0 Å². The second kappa shape index (κ2) is 7.13. The SMILES string of the molecule is CC(NC(=O)COc1cccc(N)c1)c1cccc(Br)c1. The van der Waals surface area contributed by atoms with E-state index in [-0.39, 0.29) is 18.6 Å². The third kappa shape index (κ3) is 4.79. The van der Waals surface area contributed by atoms with Crippen molar-refractivity contribution in [2.45, 2.75) is 13.0 Å². The number of nitrogens with one attached hydrogen (secondary N) is 1. The maximum Gasteiger partial charge on any atom is 0.258 e. The number of nitrogen functional groups attached to an aromatic ring is 1. The smallest absolute Gasteiger partial charge is 0.258 e. The van der Waals surface area contributed by atoms with Crippen LogP contribution >= 0.6 is 15.9 Å². The molecule has 1 unspecified atom stereocenters. The molecule has 0 aliphatic rings. The number of hydrogen-bond acceptors (Lipinski definition) is 3. The molecule has 2 aromatic rings. The molecular formula is C16H17BrN2O2. The molecule has 21 heavy (non-hydrogen) atoms. The highest BCUT2D eigenvalue weighted by molar-refractivity contribution is 9.10.